The monoisotopic (exact) mass is 498 g/mol. The van der Waals surface area contributed by atoms with Gasteiger partial charge in [-0.2, -0.15) is 5.10 Å². The number of aromatic nitrogens is 3. The van der Waals surface area contributed by atoms with Gasteiger partial charge in [0, 0.05) is 30.0 Å². The number of carbonyl (C=O) groups excluding carboxylic acids is 1. The average Bonchev–Trinajstić information content (AvgIpc) is 3.34. The second-order valence-corrected chi connectivity index (χ2v) is 9.13. The van der Waals surface area contributed by atoms with E-state index in [0.29, 0.717) is 5.16 Å². The zero-order valence-electron chi connectivity index (χ0n) is 20.8. The van der Waals surface area contributed by atoms with Crippen LogP contribution < -0.4 is 10.3 Å². The molecule has 1 N–H and O–H groups in total. The topological polar surface area (TPSA) is 75.4 Å². The fraction of sp³-hybridized carbons (Fsp3) is 0.214. The molecule has 0 spiro atoms. The molecule has 0 saturated carbocycles. The lowest BCUT2D eigenvalue weighted by Crippen LogP contribution is -2.21. The van der Waals surface area contributed by atoms with Crippen molar-refractivity contribution in [2.75, 3.05) is 23.7 Å². The number of nitrogens with zero attached hydrogens (tertiary/aromatic N) is 5. The zero-order valence-corrected chi connectivity index (χ0v) is 21.6. The highest BCUT2D eigenvalue weighted by atomic mass is 32.2. The van der Waals surface area contributed by atoms with Gasteiger partial charge in [-0.1, -0.05) is 71.9 Å². The number of carbonyl (C=O) groups is 1. The van der Waals surface area contributed by atoms with E-state index in [0.717, 1.165) is 35.7 Å². The Balaban J connectivity index is 1.42. The lowest BCUT2D eigenvalue weighted by atomic mass is 10.1. The summed E-state index contributed by atoms with van der Waals surface area (Å²) in [6, 6.07) is 26.2. The molecule has 1 aromatic heterocycles. The van der Waals surface area contributed by atoms with Crippen LogP contribution in [0.3, 0.4) is 0 Å². The Morgan fingerprint density at radius 1 is 0.972 bits per heavy atom. The van der Waals surface area contributed by atoms with Gasteiger partial charge in [0.1, 0.15) is 0 Å². The zero-order chi connectivity index (χ0) is 25.3. The maximum Gasteiger partial charge on any atom is 0.250 e. The summed E-state index contributed by atoms with van der Waals surface area (Å²) in [7, 11) is 0. The molecule has 4 rings (SSSR count). The van der Waals surface area contributed by atoms with Crippen LogP contribution in [0.25, 0.3) is 17.1 Å². The third-order valence-corrected chi connectivity index (χ3v) is 6.64. The Kier molecular flexibility index (Phi) is 8.52. The summed E-state index contributed by atoms with van der Waals surface area (Å²) in [6.45, 7) is 8.25. The van der Waals surface area contributed by atoms with Gasteiger partial charge in [-0.3, -0.25) is 9.36 Å². The lowest BCUT2D eigenvalue weighted by molar-refractivity contribution is -0.118. The quantitative estimate of drug-likeness (QED) is 0.182. The Hall–Kier alpha value is -3.91. The summed E-state index contributed by atoms with van der Waals surface area (Å²) in [5, 5.41) is 13.6. The van der Waals surface area contributed by atoms with Gasteiger partial charge in [-0.25, -0.2) is 5.43 Å². The van der Waals surface area contributed by atoms with Gasteiger partial charge in [0.25, 0.3) is 5.91 Å². The highest BCUT2D eigenvalue weighted by Gasteiger charge is 2.17. The summed E-state index contributed by atoms with van der Waals surface area (Å²) < 4.78 is 1.98. The number of hydrogen-bond donors (Lipinski definition) is 1. The molecule has 0 saturated heterocycles. The first-order chi connectivity index (χ1) is 17.6. The summed E-state index contributed by atoms with van der Waals surface area (Å²) in [5.41, 5.74) is 7.78. The first-order valence-electron chi connectivity index (χ1n) is 12.0. The van der Waals surface area contributed by atoms with E-state index in [-0.39, 0.29) is 11.7 Å². The van der Waals surface area contributed by atoms with Gasteiger partial charge in [0.15, 0.2) is 11.0 Å². The second kappa shape index (κ2) is 12.2. The summed E-state index contributed by atoms with van der Waals surface area (Å²) >= 11 is 1.32. The van der Waals surface area contributed by atoms with Gasteiger partial charge in [0.2, 0.25) is 0 Å². The van der Waals surface area contributed by atoms with E-state index in [4.69, 9.17) is 0 Å². The van der Waals surface area contributed by atoms with Gasteiger partial charge in [-0.05, 0) is 50.6 Å². The number of aryl methyl sites for hydroxylation is 1. The Morgan fingerprint density at radius 3 is 2.33 bits per heavy atom. The van der Waals surface area contributed by atoms with Crippen LogP contribution in [-0.4, -0.2) is 45.7 Å². The molecular weight excluding hydrogens is 468 g/mol. The first kappa shape index (κ1) is 25.2. The van der Waals surface area contributed by atoms with Crippen LogP contribution in [0, 0.1) is 6.92 Å². The minimum atomic E-state index is -0.212. The summed E-state index contributed by atoms with van der Waals surface area (Å²) in [6.07, 6.45) is 1.65. The second-order valence-electron chi connectivity index (χ2n) is 8.19. The van der Waals surface area contributed by atoms with Gasteiger partial charge in [-0.15, -0.1) is 10.2 Å². The van der Waals surface area contributed by atoms with Crippen molar-refractivity contribution in [3.63, 3.8) is 0 Å². The van der Waals surface area contributed by atoms with Crippen molar-refractivity contribution in [3.8, 4) is 17.1 Å². The largest absolute Gasteiger partial charge is 0.372 e. The normalized spacial score (nSPS) is 11.1. The van der Waals surface area contributed by atoms with Crippen molar-refractivity contribution in [3.05, 3.63) is 90.0 Å². The number of rotatable bonds is 10. The Labute approximate surface area is 216 Å². The van der Waals surface area contributed by atoms with E-state index in [1.165, 1.54) is 23.0 Å². The molecule has 0 atom stereocenters. The molecule has 1 heterocycles. The van der Waals surface area contributed by atoms with Crippen LogP contribution >= 0.6 is 11.8 Å². The molecule has 4 aromatic rings. The molecule has 1 amide bonds. The van der Waals surface area contributed by atoms with Crippen molar-refractivity contribution in [1.82, 2.24) is 20.2 Å². The van der Waals surface area contributed by atoms with Crippen molar-refractivity contribution >= 4 is 29.6 Å². The highest BCUT2D eigenvalue weighted by Crippen LogP contribution is 2.28. The van der Waals surface area contributed by atoms with Gasteiger partial charge < -0.3 is 4.90 Å². The van der Waals surface area contributed by atoms with Gasteiger partial charge >= 0.3 is 0 Å². The maximum atomic E-state index is 12.5. The molecule has 36 heavy (non-hydrogen) atoms. The maximum absolute atomic E-state index is 12.5. The number of anilines is 1. The summed E-state index contributed by atoms with van der Waals surface area (Å²) in [5.74, 6) is 0.683. The van der Waals surface area contributed by atoms with Crippen molar-refractivity contribution in [1.29, 1.82) is 0 Å². The molecule has 7 nitrogen and oxygen atoms in total. The van der Waals surface area contributed by atoms with Crippen LogP contribution in [0.15, 0.2) is 89.1 Å². The Morgan fingerprint density at radius 2 is 1.67 bits per heavy atom. The predicted octanol–water partition coefficient (Wildman–Crippen LogP) is 5.33. The molecule has 0 unspecified atom stereocenters. The molecule has 0 fully saturated rings. The van der Waals surface area contributed by atoms with Crippen LogP contribution in [-0.2, 0) is 4.79 Å². The SMILES string of the molecule is CCN(CC)c1ccc(C=NNC(=O)CSc2nnc(-c3ccc(C)cc3)n2-c2ccccc2)cc1. The van der Waals surface area contributed by atoms with E-state index in [1.807, 2.05) is 59.2 Å². The molecule has 3 aromatic carbocycles. The summed E-state index contributed by atoms with van der Waals surface area (Å²) in [4.78, 5) is 14.8. The van der Waals surface area contributed by atoms with Crippen LogP contribution in [0.2, 0.25) is 0 Å². The predicted molar refractivity (Wildman–Crippen MR) is 148 cm³/mol. The average molecular weight is 499 g/mol. The number of nitrogens with one attached hydrogen (secondary N) is 1. The molecule has 0 aliphatic heterocycles. The number of thioether (sulfide) groups is 1. The highest BCUT2D eigenvalue weighted by molar-refractivity contribution is 7.99. The van der Waals surface area contributed by atoms with E-state index in [2.05, 4.69) is 70.7 Å². The van der Waals surface area contributed by atoms with Gasteiger partial charge in [0.05, 0.1) is 12.0 Å². The van der Waals surface area contributed by atoms with Crippen molar-refractivity contribution < 1.29 is 4.79 Å². The molecule has 184 valence electrons. The molecular formula is C28H30N6OS. The smallest absolute Gasteiger partial charge is 0.250 e. The van der Waals surface area contributed by atoms with E-state index in [1.54, 1.807) is 6.21 Å². The molecule has 0 bridgehead atoms. The fourth-order valence-electron chi connectivity index (χ4n) is 3.76. The molecule has 0 aliphatic rings. The third-order valence-electron chi connectivity index (χ3n) is 5.71. The minimum absolute atomic E-state index is 0.164. The number of para-hydroxylation sites is 1. The van der Waals surface area contributed by atoms with Crippen LogP contribution in [0.4, 0.5) is 5.69 Å². The lowest BCUT2D eigenvalue weighted by Gasteiger charge is -2.20. The molecule has 0 radical (unpaired) electrons. The Bertz CT molecular complexity index is 1300. The third kappa shape index (κ3) is 6.20. The first-order valence-corrected chi connectivity index (χ1v) is 12.9. The number of benzene rings is 3. The number of hydrogen-bond acceptors (Lipinski definition) is 6. The van der Waals surface area contributed by atoms with E-state index < -0.39 is 0 Å². The molecule has 8 heteroatoms. The van der Waals surface area contributed by atoms with E-state index >= 15 is 0 Å². The number of amides is 1. The minimum Gasteiger partial charge on any atom is -0.372 e. The van der Waals surface area contributed by atoms with Crippen molar-refractivity contribution in [2.45, 2.75) is 25.9 Å². The molecule has 0 aliphatic carbocycles. The van der Waals surface area contributed by atoms with E-state index in [9.17, 15) is 4.79 Å². The standard InChI is InChI=1S/C28H30N6OS/c1-4-33(5-2)24-17-13-22(14-18-24)19-29-30-26(35)20-36-28-32-31-27(23-15-11-21(3)12-16-23)34(28)25-9-7-6-8-10-25/h6-19H,4-5,20H2,1-3H3,(H,30,35). The number of hydrazone groups is 1. The van der Waals surface area contributed by atoms with Crippen LogP contribution in [0.5, 0.6) is 0 Å². The van der Waals surface area contributed by atoms with Crippen molar-refractivity contribution in [2.24, 2.45) is 5.10 Å². The fourth-order valence-corrected chi connectivity index (χ4v) is 4.51. The van der Waals surface area contributed by atoms with Crippen LogP contribution in [0.1, 0.15) is 25.0 Å².